The van der Waals surface area contributed by atoms with Crippen LogP contribution in [0.25, 0.3) is 6.08 Å². The first kappa shape index (κ1) is 28.6. The Morgan fingerprint density at radius 1 is 1.05 bits per heavy atom. The molecular weight excluding hydrogens is 562 g/mol. The van der Waals surface area contributed by atoms with Crippen LogP contribution in [0.1, 0.15) is 12.5 Å². The molecule has 0 aliphatic carbocycles. The van der Waals surface area contributed by atoms with Gasteiger partial charge >= 0.3 is 0 Å². The molecule has 0 spiro atoms. The van der Waals surface area contributed by atoms with Gasteiger partial charge in [-0.3, -0.25) is 29.4 Å². The first-order valence-electron chi connectivity index (χ1n) is 13.2. The zero-order valence-corrected chi connectivity index (χ0v) is 23.5. The molecule has 42 heavy (non-hydrogen) atoms. The van der Waals surface area contributed by atoms with Crippen LogP contribution < -0.4 is 14.4 Å². The Labute approximate surface area is 245 Å². The molecule has 1 aromatic heterocycles. The second-order valence-corrected chi connectivity index (χ2v) is 10.3. The van der Waals surface area contributed by atoms with Crippen LogP contribution in [0.4, 0.5) is 16.2 Å². The van der Waals surface area contributed by atoms with Gasteiger partial charge in [0.1, 0.15) is 12.7 Å². The Balaban J connectivity index is 1.23. The smallest absolute Gasteiger partial charge is 0.294 e. The average Bonchev–Trinajstić information content (AvgIpc) is 3.26. The van der Waals surface area contributed by atoms with Crippen molar-refractivity contribution >= 4 is 46.3 Å². The Bertz CT molecular complexity index is 1520. The van der Waals surface area contributed by atoms with Crippen LogP contribution in [-0.4, -0.2) is 76.1 Å². The number of nitrogens with zero attached hydrogens (tertiary/aromatic N) is 5. The third-order valence-electron chi connectivity index (χ3n) is 6.63. The molecular formula is C29H27N5O7S. The number of carbonyl (C=O) groups excluding carboxylic acids is 3. The van der Waals surface area contributed by atoms with E-state index in [1.54, 1.807) is 36.1 Å². The number of hydrogen-bond acceptors (Lipinski definition) is 10. The number of piperazine rings is 1. The van der Waals surface area contributed by atoms with Crippen LogP contribution in [0, 0.1) is 10.1 Å². The summed E-state index contributed by atoms with van der Waals surface area (Å²) < 4.78 is 11.4. The van der Waals surface area contributed by atoms with Crippen molar-refractivity contribution in [2.75, 3.05) is 44.2 Å². The lowest BCUT2D eigenvalue weighted by Crippen LogP contribution is -2.51. The number of thioether (sulfide) groups is 1. The molecule has 2 saturated heterocycles. The van der Waals surface area contributed by atoms with Crippen LogP contribution in [0.3, 0.4) is 0 Å². The molecule has 2 aliphatic rings. The fraction of sp³-hybridized carbons (Fsp3) is 0.241. The number of aromatic nitrogens is 1. The first-order valence-corrected chi connectivity index (χ1v) is 14.0. The van der Waals surface area contributed by atoms with Crippen LogP contribution in [0.15, 0.2) is 71.8 Å². The van der Waals surface area contributed by atoms with Gasteiger partial charge in [-0.15, -0.1) is 0 Å². The Morgan fingerprint density at radius 3 is 2.48 bits per heavy atom. The summed E-state index contributed by atoms with van der Waals surface area (Å²) in [6, 6.07) is 17.5. The first-order chi connectivity index (χ1) is 20.3. The Kier molecular flexibility index (Phi) is 8.67. The zero-order chi connectivity index (χ0) is 29.6. The molecule has 0 bridgehead atoms. The highest BCUT2D eigenvalue weighted by Gasteiger charge is 2.37. The van der Waals surface area contributed by atoms with Crippen molar-refractivity contribution in [1.82, 2.24) is 14.8 Å². The molecule has 2 aliphatic heterocycles. The highest BCUT2D eigenvalue weighted by Crippen LogP contribution is 2.36. The van der Waals surface area contributed by atoms with Crippen molar-refractivity contribution in [3.63, 3.8) is 0 Å². The molecule has 12 nitrogen and oxygen atoms in total. The summed E-state index contributed by atoms with van der Waals surface area (Å²) in [5.41, 5.74) is 1.51. The standard InChI is InChI=1S/C29H27N5O7S/c1-2-40-24-16-20(8-10-23(24)41-26-11-9-22(18-30-26)34(38)39)17-25-28(36)33(29(37)42-25)19-27(35)32-14-12-31(13-15-32)21-6-4-3-5-7-21/h3-11,16-18H,2,12-15,19H2,1H3/b25-17-. The third kappa shape index (κ3) is 6.52. The minimum atomic E-state index is -0.554. The number of anilines is 1. The quantitative estimate of drug-likeness (QED) is 0.198. The van der Waals surface area contributed by atoms with Gasteiger partial charge in [0.15, 0.2) is 11.5 Å². The molecule has 13 heteroatoms. The lowest BCUT2D eigenvalue weighted by molar-refractivity contribution is -0.385. The third-order valence-corrected chi connectivity index (χ3v) is 7.54. The van der Waals surface area contributed by atoms with Gasteiger partial charge in [-0.25, -0.2) is 4.98 Å². The van der Waals surface area contributed by atoms with E-state index in [1.165, 1.54) is 12.1 Å². The molecule has 0 radical (unpaired) electrons. The van der Waals surface area contributed by atoms with Gasteiger partial charge in [0.2, 0.25) is 11.8 Å². The summed E-state index contributed by atoms with van der Waals surface area (Å²) >= 11 is 0.775. The number of ether oxygens (including phenoxy) is 2. The van der Waals surface area contributed by atoms with Crippen LogP contribution >= 0.6 is 11.8 Å². The summed E-state index contributed by atoms with van der Waals surface area (Å²) in [6.07, 6.45) is 2.65. The van der Waals surface area contributed by atoms with Gasteiger partial charge in [0.25, 0.3) is 16.8 Å². The van der Waals surface area contributed by atoms with E-state index in [0.29, 0.717) is 49.8 Å². The molecule has 0 atom stereocenters. The Morgan fingerprint density at radius 2 is 1.81 bits per heavy atom. The number of pyridine rings is 1. The average molecular weight is 590 g/mol. The predicted molar refractivity (Wildman–Crippen MR) is 156 cm³/mol. The summed E-state index contributed by atoms with van der Waals surface area (Å²) in [4.78, 5) is 58.1. The number of benzene rings is 2. The van der Waals surface area contributed by atoms with E-state index in [1.807, 2.05) is 30.3 Å². The van der Waals surface area contributed by atoms with E-state index in [0.717, 1.165) is 28.5 Å². The van der Waals surface area contributed by atoms with E-state index in [-0.39, 0.29) is 28.9 Å². The maximum absolute atomic E-state index is 13.1. The summed E-state index contributed by atoms with van der Waals surface area (Å²) in [7, 11) is 0. The monoisotopic (exact) mass is 589 g/mol. The highest BCUT2D eigenvalue weighted by atomic mass is 32.2. The number of hydrogen-bond donors (Lipinski definition) is 0. The molecule has 3 amide bonds. The summed E-state index contributed by atoms with van der Waals surface area (Å²) in [5.74, 6) is 0.0133. The topological polar surface area (TPSA) is 135 Å². The number of carbonyl (C=O) groups is 3. The van der Waals surface area contributed by atoms with Gasteiger partial charge in [-0.2, -0.15) is 0 Å². The van der Waals surface area contributed by atoms with Crippen molar-refractivity contribution < 1.29 is 28.8 Å². The second kappa shape index (κ2) is 12.7. The largest absolute Gasteiger partial charge is 0.490 e. The second-order valence-electron chi connectivity index (χ2n) is 9.32. The van der Waals surface area contributed by atoms with Crippen molar-refractivity contribution in [3.05, 3.63) is 87.4 Å². The number of rotatable bonds is 9. The number of amides is 3. The highest BCUT2D eigenvalue weighted by molar-refractivity contribution is 8.18. The fourth-order valence-electron chi connectivity index (χ4n) is 4.50. The molecule has 216 valence electrons. The fourth-order valence-corrected chi connectivity index (χ4v) is 5.33. The van der Waals surface area contributed by atoms with Crippen LogP contribution in [0.5, 0.6) is 17.4 Å². The molecule has 2 aromatic carbocycles. The van der Waals surface area contributed by atoms with E-state index in [9.17, 15) is 24.5 Å². The minimum absolute atomic E-state index is 0.140. The maximum Gasteiger partial charge on any atom is 0.294 e. The molecule has 3 aromatic rings. The molecule has 0 saturated carbocycles. The summed E-state index contributed by atoms with van der Waals surface area (Å²) in [6.45, 7) is 4.15. The van der Waals surface area contributed by atoms with E-state index in [4.69, 9.17) is 9.47 Å². The molecule has 0 unspecified atom stereocenters. The van der Waals surface area contributed by atoms with Gasteiger partial charge in [0, 0.05) is 44.0 Å². The molecule has 3 heterocycles. The number of para-hydroxylation sites is 1. The van der Waals surface area contributed by atoms with Gasteiger partial charge in [0.05, 0.1) is 16.4 Å². The normalized spacial score (nSPS) is 16.2. The van der Waals surface area contributed by atoms with E-state index in [2.05, 4.69) is 9.88 Å². The van der Waals surface area contributed by atoms with Crippen molar-refractivity contribution in [3.8, 4) is 17.4 Å². The van der Waals surface area contributed by atoms with Gasteiger partial charge < -0.3 is 19.3 Å². The molecule has 5 rings (SSSR count). The lowest BCUT2D eigenvalue weighted by Gasteiger charge is -2.36. The van der Waals surface area contributed by atoms with Crippen molar-refractivity contribution in [1.29, 1.82) is 0 Å². The zero-order valence-electron chi connectivity index (χ0n) is 22.7. The van der Waals surface area contributed by atoms with Crippen LogP contribution in [-0.2, 0) is 9.59 Å². The van der Waals surface area contributed by atoms with E-state index < -0.39 is 16.1 Å². The Hall–Kier alpha value is -4.91. The lowest BCUT2D eigenvalue weighted by atomic mass is 10.2. The van der Waals surface area contributed by atoms with Crippen LogP contribution in [0.2, 0.25) is 0 Å². The number of imide groups is 1. The van der Waals surface area contributed by atoms with Gasteiger partial charge in [-0.05, 0) is 54.6 Å². The maximum atomic E-state index is 13.1. The summed E-state index contributed by atoms with van der Waals surface area (Å²) in [5, 5.41) is 10.4. The SMILES string of the molecule is CCOc1cc(/C=C2\SC(=O)N(CC(=O)N3CCN(c4ccccc4)CC3)C2=O)ccc1Oc1ccc([N+](=O)[O-])cn1. The van der Waals surface area contributed by atoms with Crippen molar-refractivity contribution in [2.24, 2.45) is 0 Å². The number of nitro groups is 1. The van der Waals surface area contributed by atoms with E-state index >= 15 is 0 Å². The molecule has 2 fully saturated rings. The predicted octanol–water partition coefficient (Wildman–Crippen LogP) is 4.57. The molecule has 0 N–H and O–H groups in total. The van der Waals surface area contributed by atoms with Gasteiger partial charge in [-0.1, -0.05) is 24.3 Å². The van der Waals surface area contributed by atoms with Crippen molar-refractivity contribution in [2.45, 2.75) is 6.92 Å². The minimum Gasteiger partial charge on any atom is -0.490 e.